The van der Waals surface area contributed by atoms with Gasteiger partial charge in [0, 0.05) is 5.69 Å². The Balaban J connectivity index is 1.43. The Kier molecular flexibility index (Phi) is 6.22. The molecular formula is C26H25N5O2S. The number of hydrogen-bond acceptors (Lipinski definition) is 6. The van der Waals surface area contributed by atoms with Gasteiger partial charge in [-0.1, -0.05) is 78.0 Å². The van der Waals surface area contributed by atoms with E-state index < -0.39 is 5.25 Å². The first-order valence-electron chi connectivity index (χ1n) is 11.1. The first-order chi connectivity index (χ1) is 16.6. The minimum absolute atomic E-state index is 0.0892. The predicted octanol–water partition coefficient (Wildman–Crippen LogP) is 4.87. The zero-order chi connectivity index (χ0) is 23.5. The van der Waals surface area contributed by atoms with Gasteiger partial charge in [-0.2, -0.15) is 0 Å². The quantitative estimate of drug-likeness (QED) is 0.418. The zero-order valence-corrected chi connectivity index (χ0v) is 19.8. The Labute approximate surface area is 202 Å². The molecule has 7 nitrogen and oxygen atoms in total. The number of carbonyl (C=O) groups is 1. The average Bonchev–Trinajstić information content (AvgIpc) is 3.26. The lowest BCUT2D eigenvalue weighted by molar-refractivity contribution is -0.116. The fourth-order valence-electron chi connectivity index (χ4n) is 3.80. The fraction of sp³-hybridized carbons (Fsp3) is 0.192. The van der Waals surface area contributed by atoms with E-state index in [2.05, 4.69) is 45.2 Å². The van der Waals surface area contributed by atoms with E-state index in [1.807, 2.05) is 73.1 Å². The van der Waals surface area contributed by atoms with Crippen molar-refractivity contribution in [3.63, 3.8) is 0 Å². The van der Waals surface area contributed by atoms with Crippen LogP contribution in [0, 0.1) is 13.8 Å². The summed E-state index contributed by atoms with van der Waals surface area (Å²) in [6, 6.07) is 25.3. The lowest BCUT2D eigenvalue weighted by Gasteiger charge is -2.33. The predicted molar refractivity (Wildman–Crippen MR) is 134 cm³/mol. The molecule has 1 aromatic heterocycles. The molecule has 0 fully saturated rings. The van der Waals surface area contributed by atoms with E-state index in [0.29, 0.717) is 11.0 Å². The summed E-state index contributed by atoms with van der Waals surface area (Å²) in [7, 11) is 0. The molecular weight excluding hydrogens is 446 g/mol. The molecule has 5 rings (SSSR count). The summed E-state index contributed by atoms with van der Waals surface area (Å²) < 4.78 is 7.72. The topological polar surface area (TPSA) is 81.1 Å². The van der Waals surface area contributed by atoms with Crippen molar-refractivity contribution in [2.24, 2.45) is 0 Å². The Morgan fingerprint density at radius 3 is 2.50 bits per heavy atom. The zero-order valence-electron chi connectivity index (χ0n) is 18.9. The molecule has 4 aromatic rings. The second-order valence-corrected chi connectivity index (χ2v) is 9.30. The van der Waals surface area contributed by atoms with E-state index in [0.717, 1.165) is 28.1 Å². The van der Waals surface area contributed by atoms with Crippen LogP contribution in [-0.4, -0.2) is 26.0 Å². The maximum atomic E-state index is 13.4. The van der Waals surface area contributed by atoms with Crippen molar-refractivity contribution in [2.75, 3.05) is 10.7 Å². The van der Waals surface area contributed by atoms with Gasteiger partial charge in [0.25, 0.3) is 0 Å². The van der Waals surface area contributed by atoms with Gasteiger partial charge in [0.05, 0.1) is 6.04 Å². The van der Waals surface area contributed by atoms with Crippen LogP contribution in [0.1, 0.15) is 28.6 Å². The van der Waals surface area contributed by atoms with E-state index in [-0.39, 0.29) is 18.6 Å². The van der Waals surface area contributed by atoms with Crippen LogP contribution < -0.4 is 15.5 Å². The highest BCUT2D eigenvalue weighted by Gasteiger charge is 2.38. The van der Waals surface area contributed by atoms with Gasteiger partial charge >= 0.3 is 0 Å². The summed E-state index contributed by atoms with van der Waals surface area (Å²) in [6.07, 6.45) is 0. The van der Waals surface area contributed by atoms with Crippen LogP contribution in [0.25, 0.3) is 0 Å². The van der Waals surface area contributed by atoms with Crippen molar-refractivity contribution in [3.05, 3.63) is 101 Å². The maximum Gasteiger partial charge on any atom is 0.240 e. The van der Waals surface area contributed by atoms with Gasteiger partial charge in [-0.15, -0.1) is 10.2 Å². The molecule has 1 aliphatic rings. The van der Waals surface area contributed by atoms with Crippen molar-refractivity contribution in [2.45, 2.75) is 36.9 Å². The number of aromatic nitrogens is 3. The van der Waals surface area contributed by atoms with Crippen LogP contribution in [0.4, 0.5) is 5.69 Å². The van der Waals surface area contributed by atoms with E-state index >= 15 is 0 Å². The summed E-state index contributed by atoms with van der Waals surface area (Å²) >= 11 is 1.40. The van der Waals surface area contributed by atoms with Crippen molar-refractivity contribution in [3.8, 4) is 5.75 Å². The molecule has 0 radical (unpaired) electrons. The highest BCUT2D eigenvalue weighted by Crippen LogP contribution is 2.38. The van der Waals surface area contributed by atoms with Crippen LogP contribution in [0.15, 0.2) is 84.0 Å². The van der Waals surface area contributed by atoms with Crippen molar-refractivity contribution >= 4 is 23.4 Å². The summed E-state index contributed by atoms with van der Waals surface area (Å²) in [6.45, 7) is 4.28. The SMILES string of the molecule is Cc1ccc([C@@H]2Nn3c(COc4ccccc4)nnc3S[C@@H]2C(=O)Nc2ccccc2C)cc1. The number of carbonyl (C=O) groups excluding carboxylic acids is 1. The second kappa shape index (κ2) is 9.61. The Hall–Kier alpha value is -3.78. The van der Waals surface area contributed by atoms with Gasteiger partial charge in [-0.25, -0.2) is 4.68 Å². The van der Waals surface area contributed by atoms with Gasteiger partial charge in [0.2, 0.25) is 11.1 Å². The first-order valence-corrected chi connectivity index (χ1v) is 11.9. The standard InChI is InChI=1S/C26H25N5O2S/c1-17-12-14-19(15-13-17)23-24(25(32)27-21-11-7-6-8-18(21)2)34-26-29-28-22(31(26)30-23)16-33-20-9-4-3-5-10-20/h3-15,23-24,30H,16H2,1-2H3,(H,27,32)/t23-,24-/m0/s1. The van der Waals surface area contributed by atoms with Gasteiger partial charge in [-0.05, 0) is 43.2 Å². The third-order valence-electron chi connectivity index (χ3n) is 5.71. The van der Waals surface area contributed by atoms with Crippen LogP contribution in [0.5, 0.6) is 5.75 Å². The summed E-state index contributed by atoms with van der Waals surface area (Å²) in [5.74, 6) is 1.31. The molecule has 0 aliphatic carbocycles. The molecule has 34 heavy (non-hydrogen) atoms. The second-order valence-electron chi connectivity index (χ2n) is 8.20. The monoisotopic (exact) mass is 471 g/mol. The number of nitrogens with zero attached hydrogens (tertiary/aromatic N) is 3. The van der Waals surface area contributed by atoms with E-state index in [4.69, 9.17) is 4.74 Å². The summed E-state index contributed by atoms with van der Waals surface area (Å²) in [5.41, 5.74) is 7.47. The van der Waals surface area contributed by atoms with Crippen LogP contribution in [-0.2, 0) is 11.4 Å². The number of benzene rings is 3. The third kappa shape index (κ3) is 4.63. The summed E-state index contributed by atoms with van der Waals surface area (Å²) in [4.78, 5) is 13.4. The molecule has 0 saturated carbocycles. The normalized spacial score (nSPS) is 16.9. The van der Waals surface area contributed by atoms with Gasteiger partial charge in [-0.3, -0.25) is 4.79 Å². The first kappa shape index (κ1) is 22.0. The van der Waals surface area contributed by atoms with Crippen molar-refractivity contribution in [1.29, 1.82) is 0 Å². The smallest absolute Gasteiger partial charge is 0.240 e. The number of para-hydroxylation sites is 2. The fourth-order valence-corrected chi connectivity index (χ4v) is 4.90. The van der Waals surface area contributed by atoms with Gasteiger partial charge < -0.3 is 15.5 Å². The van der Waals surface area contributed by atoms with E-state index in [1.165, 1.54) is 11.8 Å². The number of rotatable bonds is 6. The molecule has 0 unspecified atom stereocenters. The third-order valence-corrected chi connectivity index (χ3v) is 6.93. The highest BCUT2D eigenvalue weighted by atomic mass is 32.2. The van der Waals surface area contributed by atoms with Gasteiger partial charge in [0.15, 0.2) is 5.82 Å². The lowest BCUT2D eigenvalue weighted by Crippen LogP contribution is -2.41. The minimum atomic E-state index is -0.443. The number of amides is 1. The van der Waals surface area contributed by atoms with Crippen LogP contribution in [0.2, 0.25) is 0 Å². The number of thioether (sulfide) groups is 1. The molecule has 1 aliphatic heterocycles. The number of fused-ring (bicyclic) bond motifs is 1. The Morgan fingerprint density at radius 1 is 1.00 bits per heavy atom. The number of ether oxygens (including phenoxy) is 1. The largest absolute Gasteiger partial charge is 0.486 e. The van der Waals surface area contributed by atoms with E-state index in [1.54, 1.807) is 0 Å². The van der Waals surface area contributed by atoms with Crippen molar-refractivity contribution in [1.82, 2.24) is 14.9 Å². The van der Waals surface area contributed by atoms with Gasteiger partial charge in [0.1, 0.15) is 17.6 Å². The lowest BCUT2D eigenvalue weighted by atomic mass is 10.0. The molecule has 0 saturated heterocycles. The number of hydrogen-bond donors (Lipinski definition) is 2. The van der Waals surface area contributed by atoms with Crippen LogP contribution >= 0.6 is 11.8 Å². The molecule has 3 aromatic carbocycles. The molecule has 2 heterocycles. The molecule has 172 valence electrons. The molecule has 2 atom stereocenters. The average molecular weight is 472 g/mol. The Bertz CT molecular complexity index is 1290. The number of nitrogens with one attached hydrogen (secondary N) is 2. The summed E-state index contributed by atoms with van der Waals surface area (Å²) in [5, 5.41) is 11.9. The number of aryl methyl sites for hydroxylation is 2. The minimum Gasteiger partial charge on any atom is -0.486 e. The number of anilines is 1. The Morgan fingerprint density at radius 2 is 1.74 bits per heavy atom. The van der Waals surface area contributed by atoms with Crippen molar-refractivity contribution < 1.29 is 9.53 Å². The molecule has 0 spiro atoms. The van der Waals surface area contributed by atoms with Crippen LogP contribution in [0.3, 0.4) is 0 Å². The molecule has 2 N–H and O–H groups in total. The highest BCUT2D eigenvalue weighted by molar-refractivity contribution is 8.00. The molecule has 1 amide bonds. The molecule has 0 bridgehead atoms. The van der Waals surface area contributed by atoms with E-state index in [9.17, 15) is 4.79 Å². The molecule has 8 heteroatoms. The maximum absolute atomic E-state index is 13.4.